The maximum Gasteiger partial charge on any atom is 0.241 e. The summed E-state index contributed by atoms with van der Waals surface area (Å²) in [5.74, 6) is 0.890. The number of hydrogen-bond donors (Lipinski definition) is 1. The molecule has 0 radical (unpaired) electrons. The van der Waals surface area contributed by atoms with Gasteiger partial charge in [-0.15, -0.1) is 0 Å². The van der Waals surface area contributed by atoms with E-state index in [0.29, 0.717) is 5.75 Å². The van der Waals surface area contributed by atoms with Gasteiger partial charge in [0.15, 0.2) is 0 Å². The van der Waals surface area contributed by atoms with Gasteiger partial charge in [0.25, 0.3) is 0 Å². The first kappa shape index (κ1) is 25.7. The molecule has 3 rings (SSSR count). The van der Waals surface area contributed by atoms with E-state index in [9.17, 15) is 8.42 Å². The summed E-state index contributed by atoms with van der Waals surface area (Å²) in [5, 5.41) is 5.40. The maximum absolute atomic E-state index is 12.0. The second kappa shape index (κ2) is 10.6. The third kappa shape index (κ3) is 5.77. The molecular formula is C27H34N2O4S. The normalized spacial score (nSPS) is 11.6. The third-order valence-electron chi connectivity index (χ3n) is 5.69. The number of aryl methyl sites for hydroxylation is 4. The summed E-state index contributed by atoms with van der Waals surface area (Å²) < 4.78 is 36.2. The molecule has 0 atom stereocenters. The van der Waals surface area contributed by atoms with Crippen LogP contribution in [-0.2, 0) is 29.5 Å². The minimum Gasteiger partial charge on any atom is -0.490 e. The van der Waals surface area contributed by atoms with Crippen molar-refractivity contribution in [2.75, 3.05) is 0 Å². The van der Waals surface area contributed by atoms with Crippen LogP contribution in [0.25, 0.3) is 11.3 Å². The Bertz CT molecular complexity index is 1260. The Balaban J connectivity index is 2.09. The van der Waals surface area contributed by atoms with Gasteiger partial charge in [0.2, 0.25) is 10.0 Å². The van der Waals surface area contributed by atoms with Gasteiger partial charge in [-0.25, -0.2) is 13.6 Å². The molecule has 0 amide bonds. The zero-order chi connectivity index (χ0) is 25.0. The molecule has 182 valence electrons. The fraction of sp³-hybridized carbons (Fsp3) is 0.370. The highest BCUT2D eigenvalue weighted by Gasteiger charge is 2.20. The van der Waals surface area contributed by atoms with Gasteiger partial charge in [-0.3, -0.25) is 4.98 Å². The fourth-order valence-corrected chi connectivity index (χ4v) is 4.67. The van der Waals surface area contributed by atoms with Crippen LogP contribution in [0.1, 0.15) is 55.6 Å². The minimum absolute atomic E-state index is 0.0453. The average Bonchev–Trinajstić information content (AvgIpc) is 2.76. The molecular weight excluding hydrogens is 448 g/mol. The summed E-state index contributed by atoms with van der Waals surface area (Å²) >= 11 is 0. The second-order valence-electron chi connectivity index (χ2n) is 8.68. The Labute approximate surface area is 203 Å². The molecule has 0 fully saturated rings. The van der Waals surface area contributed by atoms with E-state index in [4.69, 9.17) is 19.6 Å². The van der Waals surface area contributed by atoms with Gasteiger partial charge >= 0.3 is 0 Å². The maximum atomic E-state index is 12.0. The van der Waals surface area contributed by atoms with Gasteiger partial charge in [-0.2, -0.15) is 0 Å². The van der Waals surface area contributed by atoms with E-state index in [0.717, 1.165) is 40.9 Å². The molecule has 2 aromatic carbocycles. The van der Waals surface area contributed by atoms with Crippen LogP contribution in [0.4, 0.5) is 0 Å². The highest BCUT2D eigenvalue weighted by atomic mass is 32.2. The van der Waals surface area contributed by atoms with Gasteiger partial charge in [-0.1, -0.05) is 38.1 Å². The lowest BCUT2D eigenvalue weighted by Gasteiger charge is -2.20. The van der Waals surface area contributed by atoms with E-state index >= 15 is 0 Å². The largest absolute Gasteiger partial charge is 0.490 e. The SMILES string of the molecule is CCc1cccc(CC)c1-c1cc(OC(C)C)c(COc2cc(C)ccc2S(N)(=O)=O)c(C)n1. The molecule has 0 aliphatic carbocycles. The molecule has 0 saturated heterocycles. The first-order valence-electron chi connectivity index (χ1n) is 11.6. The van der Waals surface area contributed by atoms with Crippen LogP contribution in [0.15, 0.2) is 47.4 Å². The number of ether oxygens (including phenoxy) is 2. The number of rotatable bonds is 9. The number of benzene rings is 2. The Hall–Kier alpha value is -2.90. The number of nitrogens with two attached hydrogens (primary N) is 1. The Morgan fingerprint density at radius 2 is 1.62 bits per heavy atom. The molecule has 1 heterocycles. The van der Waals surface area contributed by atoms with E-state index < -0.39 is 10.0 Å². The van der Waals surface area contributed by atoms with E-state index in [-0.39, 0.29) is 23.4 Å². The molecule has 0 spiro atoms. The van der Waals surface area contributed by atoms with Gasteiger partial charge in [-0.05, 0) is 69.4 Å². The number of aromatic nitrogens is 1. The van der Waals surface area contributed by atoms with Gasteiger partial charge in [0.05, 0.1) is 17.4 Å². The molecule has 6 nitrogen and oxygen atoms in total. The van der Waals surface area contributed by atoms with Crippen molar-refractivity contribution >= 4 is 10.0 Å². The molecule has 0 unspecified atom stereocenters. The summed E-state index contributed by atoms with van der Waals surface area (Å²) in [4.78, 5) is 4.88. The fourth-order valence-electron chi connectivity index (χ4n) is 4.02. The van der Waals surface area contributed by atoms with Crippen LogP contribution >= 0.6 is 0 Å². The van der Waals surface area contributed by atoms with Crippen molar-refractivity contribution < 1.29 is 17.9 Å². The lowest BCUT2D eigenvalue weighted by Crippen LogP contribution is -2.15. The lowest BCUT2D eigenvalue weighted by atomic mass is 9.94. The summed E-state index contributed by atoms with van der Waals surface area (Å²) in [6.07, 6.45) is 1.75. The molecule has 7 heteroatoms. The molecule has 0 aliphatic rings. The standard InChI is InChI=1S/C27H34N2O4S/c1-7-20-10-9-11-21(8-2)27(20)23-15-24(33-17(3)4)22(19(6)29-23)16-32-25-14-18(5)12-13-26(25)34(28,30)31/h9-15,17H,7-8,16H2,1-6H3,(H2,28,30,31). The van der Waals surface area contributed by atoms with Crippen molar-refractivity contribution in [2.24, 2.45) is 5.14 Å². The van der Waals surface area contributed by atoms with Crippen molar-refractivity contribution in [3.8, 4) is 22.8 Å². The first-order chi connectivity index (χ1) is 16.0. The van der Waals surface area contributed by atoms with Crippen LogP contribution in [0.5, 0.6) is 11.5 Å². The molecule has 1 aromatic heterocycles. The summed E-state index contributed by atoms with van der Waals surface area (Å²) in [7, 11) is -3.92. The number of primary sulfonamides is 1. The van der Waals surface area contributed by atoms with E-state index in [2.05, 4.69) is 32.0 Å². The van der Waals surface area contributed by atoms with Crippen LogP contribution in [0, 0.1) is 13.8 Å². The van der Waals surface area contributed by atoms with Crippen molar-refractivity contribution in [1.29, 1.82) is 0 Å². The van der Waals surface area contributed by atoms with E-state index in [1.54, 1.807) is 12.1 Å². The number of pyridine rings is 1. The van der Waals surface area contributed by atoms with Gasteiger partial charge in [0, 0.05) is 17.3 Å². The van der Waals surface area contributed by atoms with Crippen molar-refractivity contribution in [3.63, 3.8) is 0 Å². The smallest absolute Gasteiger partial charge is 0.241 e. The molecule has 3 aromatic rings. The quantitative estimate of drug-likeness (QED) is 0.435. The van der Waals surface area contributed by atoms with Crippen LogP contribution in [-0.4, -0.2) is 19.5 Å². The van der Waals surface area contributed by atoms with Crippen LogP contribution in [0.3, 0.4) is 0 Å². The number of sulfonamides is 1. The second-order valence-corrected chi connectivity index (χ2v) is 10.2. The number of hydrogen-bond acceptors (Lipinski definition) is 5. The molecule has 0 saturated carbocycles. The first-order valence-corrected chi connectivity index (χ1v) is 13.1. The van der Waals surface area contributed by atoms with E-state index in [1.165, 1.54) is 17.2 Å². The Kier molecular flexibility index (Phi) is 8.00. The molecule has 34 heavy (non-hydrogen) atoms. The predicted molar refractivity (Wildman–Crippen MR) is 136 cm³/mol. The highest BCUT2D eigenvalue weighted by molar-refractivity contribution is 7.89. The van der Waals surface area contributed by atoms with Crippen LogP contribution in [0.2, 0.25) is 0 Å². The third-order valence-corrected chi connectivity index (χ3v) is 6.64. The average molecular weight is 483 g/mol. The number of nitrogens with zero attached hydrogens (tertiary/aromatic N) is 1. The predicted octanol–water partition coefficient (Wildman–Crippen LogP) is 5.50. The monoisotopic (exact) mass is 482 g/mol. The summed E-state index contributed by atoms with van der Waals surface area (Å²) in [6.45, 7) is 12.1. The zero-order valence-electron chi connectivity index (χ0n) is 20.8. The minimum atomic E-state index is -3.92. The summed E-state index contributed by atoms with van der Waals surface area (Å²) in [5.41, 5.74) is 6.90. The Morgan fingerprint density at radius 1 is 0.971 bits per heavy atom. The lowest BCUT2D eigenvalue weighted by molar-refractivity contribution is 0.228. The summed E-state index contributed by atoms with van der Waals surface area (Å²) in [6, 6.07) is 13.2. The zero-order valence-corrected chi connectivity index (χ0v) is 21.6. The highest BCUT2D eigenvalue weighted by Crippen LogP contribution is 2.34. The van der Waals surface area contributed by atoms with Gasteiger partial charge in [0.1, 0.15) is 23.0 Å². The van der Waals surface area contributed by atoms with Crippen molar-refractivity contribution in [2.45, 2.75) is 72.0 Å². The van der Waals surface area contributed by atoms with E-state index in [1.807, 2.05) is 33.8 Å². The molecule has 2 N–H and O–H groups in total. The molecule has 0 aliphatic heterocycles. The topological polar surface area (TPSA) is 91.5 Å². The van der Waals surface area contributed by atoms with Crippen LogP contribution < -0.4 is 14.6 Å². The van der Waals surface area contributed by atoms with Gasteiger partial charge < -0.3 is 9.47 Å². The Morgan fingerprint density at radius 3 is 2.18 bits per heavy atom. The van der Waals surface area contributed by atoms with Crippen molar-refractivity contribution in [1.82, 2.24) is 4.98 Å². The molecule has 0 bridgehead atoms. The van der Waals surface area contributed by atoms with Crippen molar-refractivity contribution in [3.05, 3.63) is 70.4 Å².